The minimum Gasteiger partial charge on any atom is -0.386 e. The minimum absolute atomic E-state index is 0.604. The third kappa shape index (κ3) is 1.26. The molecule has 3 rings (SSSR count). The van der Waals surface area contributed by atoms with Gasteiger partial charge in [-0.05, 0) is 37.0 Å². The summed E-state index contributed by atoms with van der Waals surface area (Å²) in [6, 6.07) is 6.44. The molecule has 0 aliphatic heterocycles. The number of hydrogen-bond donors (Lipinski definition) is 1. The van der Waals surface area contributed by atoms with Crippen LogP contribution in [0.25, 0.3) is 0 Å². The van der Waals surface area contributed by atoms with Gasteiger partial charge >= 0.3 is 0 Å². The predicted molar refractivity (Wildman–Crippen MR) is 60.9 cm³/mol. The smallest absolute Gasteiger partial charge is 0.0840 e. The summed E-state index contributed by atoms with van der Waals surface area (Å²) < 4.78 is 0. The van der Waals surface area contributed by atoms with E-state index in [0.717, 1.165) is 5.56 Å². The third-order valence-electron chi connectivity index (χ3n) is 3.68. The molecule has 78 valence electrons. The van der Waals surface area contributed by atoms with Gasteiger partial charge in [-0.2, -0.15) is 0 Å². The van der Waals surface area contributed by atoms with E-state index in [1.807, 2.05) is 13.8 Å². The minimum atomic E-state index is -0.722. The molecule has 15 heavy (non-hydrogen) atoms. The summed E-state index contributed by atoms with van der Waals surface area (Å²) in [7, 11) is 0. The highest BCUT2D eigenvalue weighted by molar-refractivity contribution is 5.49. The lowest BCUT2D eigenvalue weighted by atomic mass is 9.90. The van der Waals surface area contributed by atoms with Crippen molar-refractivity contribution in [1.29, 1.82) is 0 Å². The largest absolute Gasteiger partial charge is 0.386 e. The van der Waals surface area contributed by atoms with Gasteiger partial charge in [0, 0.05) is 11.8 Å². The predicted octanol–water partition coefficient (Wildman–Crippen LogP) is 3.05. The van der Waals surface area contributed by atoms with Crippen molar-refractivity contribution in [3.8, 4) is 0 Å². The zero-order valence-corrected chi connectivity index (χ0v) is 9.20. The van der Waals surface area contributed by atoms with Crippen LogP contribution in [0.15, 0.2) is 30.4 Å². The molecule has 0 aromatic heterocycles. The first kappa shape index (κ1) is 9.17. The molecule has 2 aliphatic rings. The molecular formula is C14H16O. The van der Waals surface area contributed by atoms with Crippen LogP contribution in [0, 0.1) is 0 Å². The number of allylic oxidation sites excluding steroid dienone is 2. The third-order valence-corrected chi connectivity index (χ3v) is 3.68. The fraction of sp³-hybridized carbons (Fsp3) is 0.429. The maximum atomic E-state index is 9.97. The quantitative estimate of drug-likeness (QED) is 0.691. The van der Waals surface area contributed by atoms with Crippen molar-refractivity contribution in [1.82, 2.24) is 0 Å². The van der Waals surface area contributed by atoms with E-state index < -0.39 is 5.60 Å². The number of rotatable bonds is 1. The van der Waals surface area contributed by atoms with Gasteiger partial charge in [-0.1, -0.05) is 30.4 Å². The molecule has 2 bridgehead atoms. The highest BCUT2D eigenvalue weighted by Crippen LogP contribution is 2.48. The average Bonchev–Trinajstić information content (AvgIpc) is 2.76. The zero-order valence-electron chi connectivity index (χ0n) is 9.20. The Balaban J connectivity index is 2.10. The van der Waals surface area contributed by atoms with Gasteiger partial charge in [-0.15, -0.1) is 0 Å². The monoisotopic (exact) mass is 200 g/mol. The topological polar surface area (TPSA) is 20.2 Å². The normalized spacial score (nSPS) is 27.1. The molecule has 1 nitrogen and oxygen atoms in total. The summed E-state index contributed by atoms with van der Waals surface area (Å²) in [5, 5.41) is 9.97. The van der Waals surface area contributed by atoms with Gasteiger partial charge in [-0.3, -0.25) is 0 Å². The van der Waals surface area contributed by atoms with E-state index in [1.165, 1.54) is 17.5 Å². The first-order valence-electron chi connectivity index (χ1n) is 5.61. The summed E-state index contributed by atoms with van der Waals surface area (Å²) in [4.78, 5) is 0. The second-order valence-corrected chi connectivity index (χ2v) is 5.24. The molecule has 2 aliphatic carbocycles. The number of hydrogen-bond acceptors (Lipinski definition) is 1. The molecule has 0 heterocycles. The Kier molecular flexibility index (Phi) is 1.67. The number of fused-ring (bicyclic) bond motifs is 5. The molecule has 1 aromatic rings. The van der Waals surface area contributed by atoms with Crippen LogP contribution in [0.2, 0.25) is 0 Å². The van der Waals surface area contributed by atoms with Crippen LogP contribution in [-0.4, -0.2) is 5.11 Å². The van der Waals surface area contributed by atoms with Crippen LogP contribution in [0.4, 0.5) is 0 Å². The van der Waals surface area contributed by atoms with Gasteiger partial charge in [0.05, 0.1) is 5.60 Å². The Morgan fingerprint density at radius 1 is 1.13 bits per heavy atom. The maximum absolute atomic E-state index is 9.97. The Morgan fingerprint density at radius 3 is 2.47 bits per heavy atom. The van der Waals surface area contributed by atoms with E-state index in [0.29, 0.717) is 11.8 Å². The van der Waals surface area contributed by atoms with Gasteiger partial charge in [0.25, 0.3) is 0 Å². The Bertz CT molecular complexity index is 437. The molecule has 0 amide bonds. The van der Waals surface area contributed by atoms with Crippen LogP contribution >= 0.6 is 0 Å². The SMILES string of the molecule is CC(C)(O)c1ccc2c(c1)[C@@H]1C=C[C@@H]2C1. The van der Waals surface area contributed by atoms with E-state index in [2.05, 4.69) is 30.4 Å². The molecule has 1 heteroatoms. The van der Waals surface area contributed by atoms with Crippen molar-refractivity contribution in [2.75, 3.05) is 0 Å². The molecule has 0 spiro atoms. The fourth-order valence-corrected chi connectivity index (χ4v) is 2.77. The van der Waals surface area contributed by atoms with E-state index in [1.54, 1.807) is 0 Å². The molecule has 0 saturated heterocycles. The van der Waals surface area contributed by atoms with E-state index in [9.17, 15) is 5.11 Å². The lowest BCUT2D eigenvalue weighted by molar-refractivity contribution is 0.0785. The summed E-state index contributed by atoms with van der Waals surface area (Å²) >= 11 is 0. The van der Waals surface area contributed by atoms with Gasteiger partial charge in [0.1, 0.15) is 0 Å². The Labute approximate surface area is 90.4 Å². The summed E-state index contributed by atoms with van der Waals surface area (Å²) in [5.41, 5.74) is 3.21. The van der Waals surface area contributed by atoms with E-state index in [4.69, 9.17) is 0 Å². The molecule has 0 saturated carbocycles. The summed E-state index contributed by atoms with van der Waals surface area (Å²) in [6.07, 6.45) is 5.86. The lowest BCUT2D eigenvalue weighted by Gasteiger charge is -2.20. The average molecular weight is 200 g/mol. The van der Waals surface area contributed by atoms with Crippen LogP contribution in [0.1, 0.15) is 48.8 Å². The van der Waals surface area contributed by atoms with Gasteiger partial charge in [0.2, 0.25) is 0 Å². The Morgan fingerprint density at radius 2 is 1.80 bits per heavy atom. The second kappa shape index (κ2) is 2.73. The van der Waals surface area contributed by atoms with Crippen LogP contribution in [-0.2, 0) is 5.60 Å². The van der Waals surface area contributed by atoms with Crippen molar-refractivity contribution in [2.24, 2.45) is 0 Å². The maximum Gasteiger partial charge on any atom is 0.0840 e. The van der Waals surface area contributed by atoms with E-state index >= 15 is 0 Å². The molecule has 0 radical (unpaired) electrons. The molecule has 0 fully saturated rings. The zero-order chi connectivity index (χ0) is 10.6. The van der Waals surface area contributed by atoms with Crippen molar-refractivity contribution in [2.45, 2.75) is 37.7 Å². The van der Waals surface area contributed by atoms with Gasteiger partial charge < -0.3 is 5.11 Å². The molecular weight excluding hydrogens is 184 g/mol. The standard InChI is InChI=1S/C14H16O/c1-14(2,15)11-5-6-12-9-3-4-10(7-9)13(12)8-11/h3-6,8-10,15H,7H2,1-2H3/t9-,10-/m1/s1. The Hall–Kier alpha value is -1.08. The van der Waals surface area contributed by atoms with Crippen molar-refractivity contribution in [3.05, 3.63) is 47.0 Å². The van der Waals surface area contributed by atoms with Crippen molar-refractivity contribution in [3.63, 3.8) is 0 Å². The van der Waals surface area contributed by atoms with Crippen molar-refractivity contribution < 1.29 is 5.11 Å². The van der Waals surface area contributed by atoms with Crippen LogP contribution in [0.3, 0.4) is 0 Å². The number of benzene rings is 1. The van der Waals surface area contributed by atoms with E-state index in [-0.39, 0.29) is 0 Å². The summed E-state index contributed by atoms with van der Waals surface area (Å²) in [5.74, 6) is 1.24. The van der Waals surface area contributed by atoms with Crippen molar-refractivity contribution >= 4 is 0 Å². The van der Waals surface area contributed by atoms with Gasteiger partial charge in [0.15, 0.2) is 0 Å². The fourth-order valence-electron chi connectivity index (χ4n) is 2.77. The van der Waals surface area contributed by atoms with Crippen LogP contribution < -0.4 is 0 Å². The molecule has 1 aromatic carbocycles. The first-order valence-corrected chi connectivity index (χ1v) is 5.61. The molecule has 0 unspecified atom stereocenters. The molecule has 1 N–H and O–H groups in total. The highest BCUT2D eigenvalue weighted by Gasteiger charge is 2.33. The van der Waals surface area contributed by atoms with Gasteiger partial charge in [-0.25, -0.2) is 0 Å². The highest BCUT2D eigenvalue weighted by atomic mass is 16.3. The molecule has 2 atom stereocenters. The summed E-state index contributed by atoms with van der Waals surface area (Å²) in [6.45, 7) is 3.69. The second-order valence-electron chi connectivity index (χ2n) is 5.24. The number of aliphatic hydroxyl groups is 1. The first-order chi connectivity index (χ1) is 7.05. The lowest BCUT2D eigenvalue weighted by Crippen LogP contribution is -2.16. The van der Waals surface area contributed by atoms with Crippen LogP contribution in [0.5, 0.6) is 0 Å².